The van der Waals surface area contributed by atoms with Gasteiger partial charge >= 0.3 is 0 Å². The van der Waals surface area contributed by atoms with Crippen LogP contribution in [0.25, 0.3) is 6.08 Å². The molecule has 7 heteroatoms. The molecule has 1 aliphatic heterocycles. The number of anilines is 1. The van der Waals surface area contributed by atoms with Gasteiger partial charge in [-0.3, -0.25) is 14.5 Å². The Morgan fingerprint density at radius 1 is 0.921 bits per heavy atom. The lowest BCUT2D eigenvalue weighted by atomic mass is 10.1. The summed E-state index contributed by atoms with van der Waals surface area (Å²) in [5, 5.41) is 3.59. The number of para-hydroxylation sites is 2. The molecule has 1 aliphatic rings. The molecule has 0 spiro atoms. The molecule has 4 aromatic carbocycles. The second-order valence-corrected chi connectivity index (χ2v) is 9.29. The molecule has 2 amide bonds. The molecule has 4 aromatic rings. The van der Waals surface area contributed by atoms with Crippen LogP contribution in [-0.2, 0) is 17.8 Å². The smallest absolute Gasteiger partial charge is 0.294 e. The van der Waals surface area contributed by atoms with Crippen LogP contribution in [0.2, 0.25) is 5.02 Å². The number of hydrogen-bond acceptors (Lipinski definition) is 3. The van der Waals surface area contributed by atoms with Gasteiger partial charge in [-0.25, -0.2) is 4.39 Å². The van der Waals surface area contributed by atoms with Gasteiger partial charge in [0.25, 0.3) is 11.8 Å². The lowest BCUT2D eigenvalue weighted by Gasteiger charge is -2.30. The number of nitrogens with zero attached hydrogens (tertiary/aromatic N) is 1. The van der Waals surface area contributed by atoms with Gasteiger partial charge in [-0.2, -0.15) is 0 Å². The number of hydrogen-bond donors (Lipinski definition) is 1. The molecule has 190 valence electrons. The molecule has 1 heterocycles. The highest BCUT2D eigenvalue weighted by molar-refractivity contribution is 6.30. The van der Waals surface area contributed by atoms with Crippen molar-refractivity contribution in [2.45, 2.75) is 13.0 Å². The molecule has 0 fully saturated rings. The first-order valence-corrected chi connectivity index (χ1v) is 12.5. The van der Waals surface area contributed by atoms with Gasteiger partial charge in [-0.15, -0.1) is 0 Å². The first-order valence-electron chi connectivity index (χ1n) is 12.1. The second-order valence-electron chi connectivity index (χ2n) is 8.85. The molecule has 0 radical (unpaired) electrons. The zero-order valence-electron chi connectivity index (χ0n) is 20.4. The molecule has 0 atom stereocenters. The molecule has 0 saturated carbocycles. The minimum absolute atomic E-state index is 0.139. The summed E-state index contributed by atoms with van der Waals surface area (Å²) in [6.45, 7) is 0.693. The van der Waals surface area contributed by atoms with Crippen molar-refractivity contribution in [3.8, 4) is 5.75 Å². The fraction of sp³-hybridized carbons (Fsp3) is 0.0968. The molecule has 0 bridgehead atoms. The number of carbonyl (C=O) groups is 2. The van der Waals surface area contributed by atoms with Gasteiger partial charge in [0.05, 0.1) is 12.2 Å². The molecule has 5 nitrogen and oxygen atoms in total. The maximum atomic E-state index is 13.8. The summed E-state index contributed by atoms with van der Waals surface area (Å²) in [6, 6.07) is 27.8. The number of halogens is 2. The third kappa shape index (κ3) is 5.93. The Hall–Kier alpha value is -4.42. The van der Waals surface area contributed by atoms with E-state index in [9.17, 15) is 14.0 Å². The summed E-state index contributed by atoms with van der Waals surface area (Å²) in [5.41, 5.74) is 3.58. The van der Waals surface area contributed by atoms with Crippen LogP contribution in [0.15, 0.2) is 103 Å². The highest BCUT2D eigenvalue weighted by atomic mass is 35.5. The largest absolute Gasteiger partial charge is 0.449 e. The Kier molecular flexibility index (Phi) is 7.52. The Labute approximate surface area is 225 Å². The molecular formula is C31H24ClFN2O3. The van der Waals surface area contributed by atoms with Gasteiger partial charge in [0.15, 0.2) is 11.5 Å². The van der Waals surface area contributed by atoms with Gasteiger partial charge in [0.1, 0.15) is 5.82 Å². The first-order chi connectivity index (χ1) is 18.5. The minimum Gasteiger partial charge on any atom is -0.449 e. The van der Waals surface area contributed by atoms with E-state index in [0.29, 0.717) is 46.1 Å². The number of benzene rings is 4. The van der Waals surface area contributed by atoms with Crippen molar-refractivity contribution in [2.75, 3.05) is 11.4 Å². The van der Waals surface area contributed by atoms with E-state index in [4.69, 9.17) is 16.3 Å². The van der Waals surface area contributed by atoms with Gasteiger partial charge in [0, 0.05) is 17.1 Å². The van der Waals surface area contributed by atoms with Crippen molar-refractivity contribution in [3.63, 3.8) is 0 Å². The maximum Gasteiger partial charge on any atom is 0.294 e. The average Bonchev–Trinajstić information content (AvgIpc) is 2.92. The lowest BCUT2D eigenvalue weighted by Crippen LogP contribution is -2.36. The van der Waals surface area contributed by atoms with Crippen molar-refractivity contribution >= 4 is 35.2 Å². The van der Waals surface area contributed by atoms with Crippen LogP contribution in [0.1, 0.15) is 27.0 Å². The van der Waals surface area contributed by atoms with Gasteiger partial charge in [-0.05, 0) is 77.7 Å². The first kappa shape index (κ1) is 25.2. The van der Waals surface area contributed by atoms with E-state index in [2.05, 4.69) is 5.32 Å². The van der Waals surface area contributed by atoms with E-state index in [1.54, 1.807) is 59.5 Å². The van der Waals surface area contributed by atoms with Crippen molar-refractivity contribution in [2.24, 2.45) is 0 Å². The average molecular weight is 527 g/mol. The molecule has 0 aliphatic carbocycles. The van der Waals surface area contributed by atoms with Crippen LogP contribution in [-0.4, -0.2) is 18.4 Å². The fourth-order valence-corrected chi connectivity index (χ4v) is 4.32. The number of rotatable bonds is 7. The monoisotopic (exact) mass is 526 g/mol. The Morgan fingerprint density at radius 3 is 2.45 bits per heavy atom. The number of carbonyl (C=O) groups excluding carboxylic acids is 2. The highest BCUT2D eigenvalue weighted by Crippen LogP contribution is 2.36. The molecule has 0 aromatic heterocycles. The molecular weight excluding hydrogens is 503 g/mol. The van der Waals surface area contributed by atoms with Crippen molar-refractivity contribution in [1.82, 2.24) is 5.32 Å². The van der Waals surface area contributed by atoms with Crippen LogP contribution in [0.4, 0.5) is 10.1 Å². The summed E-state index contributed by atoms with van der Waals surface area (Å²) in [7, 11) is 0. The molecule has 0 unspecified atom stereocenters. The standard InChI is InChI=1S/C31H24ClFN2O3/c32-25-14-10-21(11-15-25)16-17-34-30(36)24-12-8-22(9-13-24)19-29-31(37)35(20-23-4-3-5-26(33)18-23)27-6-1-2-7-28(27)38-29/h1-15,18-19H,16-17,20H2,(H,34,36). The number of nitrogens with one attached hydrogen (secondary N) is 1. The van der Waals surface area contributed by atoms with Crippen LogP contribution in [0.3, 0.4) is 0 Å². The fourth-order valence-electron chi connectivity index (χ4n) is 4.19. The summed E-state index contributed by atoms with van der Waals surface area (Å²) in [5.74, 6) is -0.205. The summed E-state index contributed by atoms with van der Waals surface area (Å²) >= 11 is 5.91. The molecule has 0 saturated heterocycles. The summed E-state index contributed by atoms with van der Waals surface area (Å²) < 4.78 is 19.7. The van der Waals surface area contributed by atoms with Crippen LogP contribution < -0.4 is 15.0 Å². The third-order valence-electron chi connectivity index (χ3n) is 6.14. The number of ether oxygens (including phenoxy) is 1. The summed E-state index contributed by atoms with van der Waals surface area (Å²) in [4.78, 5) is 27.5. The molecule has 38 heavy (non-hydrogen) atoms. The van der Waals surface area contributed by atoms with Crippen LogP contribution >= 0.6 is 11.6 Å². The Morgan fingerprint density at radius 2 is 1.68 bits per heavy atom. The molecule has 5 rings (SSSR count). The van der Waals surface area contributed by atoms with E-state index in [-0.39, 0.29) is 29.9 Å². The quantitative estimate of drug-likeness (QED) is 0.283. The molecule has 1 N–H and O–H groups in total. The van der Waals surface area contributed by atoms with Crippen LogP contribution in [0.5, 0.6) is 5.75 Å². The van der Waals surface area contributed by atoms with E-state index in [1.165, 1.54) is 12.1 Å². The number of amides is 2. The highest BCUT2D eigenvalue weighted by Gasteiger charge is 2.30. The normalized spacial score (nSPS) is 13.7. The van der Waals surface area contributed by atoms with Crippen molar-refractivity contribution < 1.29 is 18.7 Å². The van der Waals surface area contributed by atoms with E-state index < -0.39 is 0 Å². The van der Waals surface area contributed by atoms with E-state index in [1.807, 2.05) is 36.4 Å². The topological polar surface area (TPSA) is 58.6 Å². The van der Waals surface area contributed by atoms with Gasteiger partial charge in [0.2, 0.25) is 0 Å². The predicted molar refractivity (Wildman–Crippen MR) is 147 cm³/mol. The zero-order chi connectivity index (χ0) is 26.5. The van der Waals surface area contributed by atoms with Crippen molar-refractivity contribution in [1.29, 1.82) is 0 Å². The van der Waals surface area contributed by atoms with Crippen LogP contribution in [0, 0.1) is 5.82 Å². The maximum absolute atomic E-state index is 13.8. The summed E-state index contributed by atoms with van der Waals surface area (Å²) in [6.07, 6.45) is 2.33. The van der Waals surface area contributed by atoms with E-state index >= 15 is 0 Å². The SMILES string of the molecule is O=C(NCCc1ccc(Cl)cc1)c1ccc(C=C2Oc3ccccc3N(Cc3cccc(F)c3)C2=O)cc1. The van der Waals surface area contributed by atoms with Crippen molar-refractivity contribution in [3.05, 3.63) is 136 Å². The minimum atomic E-state index is -0.360. The predicted octanol–water partition coefficient (Wildman–Crippen LogP) is 6.42. The van der Waals surface area contributed by atoms with E-state index in [0.717, 1.165) is 5.56 Å². The zero-order valence-corrected chi connectivity index (χ0v) is 21.1. The second kappa shape index (κ2) is 11.3. The van der Waals surface area contributed by atoms with Gasteiger partial charge < -0.3 is 10.1 Å². The number of fused-ring (bicyclic) bond motifs is 1. The van der Waals surface area contributed by atoms with Gasteiger partial charge in [-0.1, -0.05) is 60.1 Å². The lowest BCUT2D eigenvalue weighted by molar-refractivity contribution is -0.117. The Bertz CT molecular complexity index is 1500. The third-order valence-corrected chi connectivity index (χ3v) is 6.40. The Balaban J connectivity index is 1.29.